The number of β-lactam (4-membered cyclic amide) rings is 1. The molecule has 15 heteroatoms. The fourth-order valence-corrected chi connectivity index (χ4v) is 5.80. The molecule has 1 saturated heterocycles. The Labute approximate surface area is 214 Å². The third kappa shape index (κ3) is 5.61. The van der Waals surface area contributed by atoms with Crippen LogP contribution in [0.2, 0.25) is 0 Å². The van der Waals surface area contributed by atoms with Gasteiger partial charge in [-0.3, -0.25) is 19.3 Å². The second-order valence-corrected chi connectivity index (χ2v) is 10.7. The number of oxime groups is 1. The van der Waals surface area contributed by atoms with Crippen LogP contribution in [-0.4, -0.2) is 72.8 Å². The van der Waals surface area contributed by atoms with Crippen molar-refractivity contribution in [2.24, 2.45) is 5.16 Å². The number of rotatable bonds is 8. The van der Waals surface area contributed by atoms with Gasteiger partial charge in [-0.05, 0) is 38.7 Å². The molecule has 2 amide bonds. The molecule has 194 valence electrons. The Morgan fingerprint density at radius 1 is 1.28 bits per heavy atom. The van der Waals surface area contributed by atoms with E-state index in [1.54, 1.807) is 6.08 Å². The second-order valence-electron chi connectivity index (χ2n) is 8.43. The molecule has 1 aliphatic carbocycles. The monoisotopic (exact) mass is 538 g/mol. The smallest absolute Gasteiger partial charge is 0.357 e. The number of nitrogens with two attached hydrogens (primary N) is 1. The van der Waals surface area contributed by atoms with Crippen LogP contribution in [0.3, 0.4) is 0 Å². The number of anilines is 1. The van der Waals surface area contributed by atoms with E-state index in [1.165, 1.54) is 30.5 Å². The van der Waals surface area contributed by atoms with Gasteiger partial charge >= 0.3 is 11.9 Å². The summed E-state index contributed by atoms with van der Waals surface area (Å²) in [5, 5.41) is 6.12. The van der Waals surface area contributed by atoms with Crippen molar-refractivity contribution in [3.8, 4) is 0 Å². The van der Waals surface area contributed by atoms with Crippen molar-refractivity contribution in [3.05, 3.63) is 17.6 Å². The summed E-state index contributed by atoms with van der Waals surface area (Å²) in [7, 11) is 0. The summed E-state index contributed by atoms with van der Waals surface area (Å²) in [4.78, 5) is 60.7. The molecule has 1 aromatic heterocycles. The summed E-state index contributed by atoms with van der Waals surface area (Å²) in [5.41, 5.74) is 5.52. The first-order valence-corrected chi connectivity index (χ1v) is 13.1. The van der Waals surface area contributed by atoms with E-state index in [2.05, 4.69) is 19.8 Å². The number of hydrogen-bond donors (Lipinski definition) is 2. The first-order chi connectivity index (χ1) is 17.1. The number of ether oxygens (including phenoxy) is 2. The molecule has 3 N–H and O–H groups in total. The van der Waals surface area contributed by atoms with Gasteiger partial charge in [-0.15, -0.1) is 11.8 Å². The van der Waals surface area contributed by atoms with Gasteiger partial charge in [0, 0.05) is 30.6 Å². The molecule has 4 atom stereocenters. The standard InChI is InChI=1S/C21H26N6O7S2/c1-9-8-13(20(31)33-11(3)32-10(2)28)27-18(30)15(19(27)35-9)23-17(29)14(16-24-21(22)36-26-16)25-34-12-6-4-5-7-12/h8-9,11-12,15,19H,4-7H2,1-3H3,(H,23,29)(H2,22,24,26)/t9?,11?,15?,19-/m1/s1. The topological polar surface area (TPSA) is 175 Å². The van der Waals surface area contributed by atoms with Gasteiger partial charge in [0.15, 0.2) is 5.13 Å². The SMILES string of the molecule is CC(=O)OC(C)OC(=O)C1=CC(C)S[C@@H]2C(NC(=O)C(=NOC3CCCC3)c3nsc(N)n3)C(=O)N12. The number of nitrogen functional groups attached to an aromatic ring is 1. The van der Waals surface area contributed by atoms with Crippen molar-refractivity contribution in [1.82, 2.24) is 19.6 Å². The van der Waals surface area contributed by atoms with Gasteiger partial charge in [0.2, 0.25) is 17.8 Å². The molecule has 3 aliphatic rings. The van der Waals surface area contributed by atoms with Crippen LogP contribution in [0.1, 0.15) is 52.3 Å². The average Bonchev–Trinajstić information content (AvgIpc) is 3.48. The molecule has 1 saturated carbocycles. The number of aromatic nitrogens is 2. The molecule has 1 aromatic rings. The lowest BCUT2D eigenvalue weighted by atomic mass is 10.0. The molecule has 0 bridgehead atoms. The number of amides is 2. The highest BCUT2D eigenvalue weighted by Gasteiger charge is 2.54. The van der Waals surface area contributed by atoms with Crippen molar-refractivity contribution in [2.75, 3.05) is 5.73 Å². The molecule has 0 radical (unpaired) electrons. The summed E-state index contributed by atoms with van der Waals surface area (Å²) in [5.74, 6) is -2.61. The lowest BCUT2D eigenvalue weighted by Gasteiger charge is -2.49. The number of esters is 2. The van der Waals surface area contributed by atoms with Crippen molar-refractivity contribution in [3.63, 3.8) is 0 Å². The van der Waals surface area contributed by atoms with Crippen LogP contribution in [0.25, 0.3) is 0 Å². The minimum absolute atomic E-state index is 0.00455. The van der Waals surface area contributed by atoms with E-state index in [0.717, 1.165) is 37.2 Å². The maximum absolute atomic E-state index is 13.2. The zero-order chi connectivity index (χ0) is 26.0. The number of thioether (sulfide) groups is 1. The highest BCUT2D eigenvalue weighted by molar-refractivity contribution is 8.00. The Morgan fingerprint density at radius 3 is 2.64 bits per heavy atom. The van der Waals surface area contributed by atoms with Crippen LogP contribution in [0.5, 0.6) is 0 Å². The molecule has 2 aliphatic heterocycles. The van der Waals surface area contributed by atoms with E-state index in [1.807, 2.05) is 6.92 Å². The Kier molecular flexibility index (Phi) is 7.78. The second kappa shape index (κ2) is 10.8. The molecule has 4 rings (SSSR count). The number of nitrogens with zero attached hydrogens (tertiary/aromatic N) is 4. The fourth-order valence-electron chi connectivity index (χ4n) is 4.04. The molecular formula is C21H26N6O7S2. The molecular weight excluding hydrogens is 512 g/mol. The van der Waals surface area contributed by atoms with Crippen LogP contribution >= 0.6 is 23.3 Å². The molecule has 0 spiro atoms. The van der Waals surface area contributed by atoms with Crippen LogP contribution in [0, 0.1) is 0 Å². The average molecular weight is 539 g/mol. The Hall–Kier alpha value is -3.20. The van der Waals surface area contributed by atoms with Crippen LogP contribution in [-0.2, 0) is 33.5 Å². The highest BCUT2D eigenvalue weighted by atomic mass is 32.2. The summed E-state index contributed by atoms with van der Waals surface area (Å²) < 4.78 is 14.0. The number of carbonyl (C=O) groups excluding carboxylic acids is 4. The lowest BCUT2D eigenvalue weighted by Crippen LogP contribution is -2.71. The Balaban J connectivity index is 1.46. The zero-order valence-electron chi connectivity index (χ0n) is 19.8. The molecule has 13 nitrogen and oxygen atoms in total. The number of hydrogen-bond acceptors (Lipinski definition) is 13. The molecule has 3 unspecified atom stereocenters. The summed E-state index contributed by atoms with van der Waals surface area (Å²) in [6.45, 7) is 4.43. The van der Waals surface area contributed by atoms with E-state index in [9.17, 15) is 19.2 Å². The normalized spacial score (nSPS) is 24.8. The minimum Gasteiger partial charge on any atom is -0.426 e. The maximum atomic E-state index is 13.2. The van der Waals surface area contributed by atoms with Crippen molar-refractivity contribution < 1.29 is 33.5 Å². The minimum atomic E-state index is -1.12. The number of fused-ring (bicyclic) bond motifs is 1. The van der Waals surface area contributed by atoms with E-state index >= 15 is 0 Å². The highest BCUT2D eigenvalue weighted by Crippen LogP contribution is 2.41. The van der Waals surface area contributed by atoms with Crippen LogP contribution in [0.4, 0.5) is 5.13 Å². The molecule has 2 fully saturated rings. The first-order valence-electron chi connectivity index (χ1n) is 11.4. The number of carbonyl (C=O) groups is 4. The van der Waals surface area contributed by atoms with Gasteiger partial charge in [0.05, 0.1) is 0 Å². The summed E-state index contributed by atoms with van der Waals surface area (Å²) >= 11 is 2.30. The Bertz CT molecular complexity index is 1120. The van der Waals surface area contributed by atoms with Gasteiger partial charge in [-0.2, -0.15) is 9.36 Å². The van der Waals surface area contributed by atoms with Gasteiger partial charge in [0.1, 0.15) is 23.2 Å². The van der Waals surface area contributed by atoms with Crippen LogP contribution < -0.4 is 11.1 Å². The van der Waals surface area contributed by atoms with E-state index in [0.29, 0.717) is 0 Å². The van der Waals surface area contributed by atoms with E-state index in [4.69, 9.17) is 20.0 Å². The third-order valence-corrected chi connectivity index (χ3v) is 7.48. The fraction of sp³-hybridized carbons (Fsp3) is 0.571. The number of nitrogens with one attached hydrogen (secondary N) is 1. The van der Waals surface area contributed by atoms with Gasteiger partial charge in [0.25, 0.3) is 11.8 Å². The van der Waals surface area contributed by atoms with Crippen molar-refractivity contribution >= 4 is 57.9 Å². The predicted octanol–water partition coefficient (Wildman–Crippen LogP) is 0.908. The van der Waals surface area contributed by atoms with Gasteiger partial charge in [-0.25, -0.2) is 4.79 Å². The Morgan fingerprint density at radius 2 is 2.00 bits per heavy atom. The van der Waals surface area contributed by atoms with Crippen molar-refractivity contribution in [1.29, 1.82) is 0 Å². The molecule has 36 heavy (non-hydrogen) atoms. The summed E-state index contributed by atoms with van der Waals surface area (Å²) in [6, 6.07) is -0.931. The zero-order valence-corrected chi connectivity index (χ0v) is 21.5. The van der Waals surface area contributed by atoms with Gasteiger partial charge < -0.3 is 25.4 Å². The molecule has 0 aromatic carbocycles. The molecule has 3 heterocycles. The van der Waals surface area contributed by atoms with Gasteiger partial charge in [-0.1, -0.05) is 5.16 Å². The maximum Gasteiger partial charge on any atom is 0.357 e. The van der Waals surface area contributed by atoms with E-state index in [-0.39, 0.29) is 33.7 Å². The summed E-state index contributed by atoms with van der Waals surface area (Å²) in [6.07, 6.45) is 4.06. The quantitative estimate of drug-likeness (QED) is 0.158. The largest absolute Gasteiger partial charge is 0.426 e. The lowest BCUT2D eigenvalue weighted by molar-refractivity contribution is -0.182. The first kappa shape index (κ1) is 25.9. The van der Waals surface area contributed by atoms with E-state index < -0.39 is 41.5 Å². The third-order valence-electron chi connectivity index (χ3n) is 5.61. The predicted molar refractivity (Wildman–Crippen MR) is 129 cm³/mol. The van der Waals surface area contributed by atoms with Crippen LogP contribution in [0.15, 0.2) is 16.9 Å². The van der Waals surface area contributed by atoms with Crippen molar-refractivity contribution in [2.45, 2.75) is 75.5 Å².